The molecule has 0 saturated heterocycles. The fourth-order valence-corrected chi connectivity index (χ4v) is 4.03. The van der Waals surface area contributed by atoms with Crippen molar-refractivity contribution < 1.29 is 9.47 Å². The fourth-order valence-electron chi connectivity index (χ4n) is 3.07. The Morgan fingerprint density at radius 3 is 2.81 bits per heavy atom. The molecule has 26 heavy (non-hydrogen) atoms. The third-order valence-corrected chi connectivity index (χ3v) is 5.44. The summed E-state index contributed by atoms with van der Waals surface area (Å²) in [6.07, 6.45) is 1.88. The van der Waals surface area contributed by atoms with E-state index < -0.39 is 0 Å². The zero-order valence-corrected chi connectivity index (χ0v) is 14.6. The molecule has 0 unspecified atom stereocenters. The van der Waals surface area contributed by atoms with Gasteiger partial charge in [0, 0.05) is 5.69 Å². The first-order chi connectivity index (χ1) is 12.8. The van der Waals surface area contributed by atoms with E-state index in [2.05, 4.69) is 9.89 Å². The molecule has 0 aliphatic carbocycles. The van der Waals surface area contributed by atoms with Gasteiger partial charge in [-0.1, -0.05) is 35.6 Å². The van der Waals surface area contributed by atoms with E-state index in [1.807, 2.05) is 54.6 Å². The lowest BCUT2D eigenvalue weighted by Gasteiger charge is -2.25. The van der Waals surface area contributed by atoms with Crippen molar-refractivity contribution in [3.63, 3.8) is 0 Å². The molecule has 2 aliphatic rings. The highest BCUT2D eigenvalue weighted by molar-refractivity contribution is 7.07. The van der Waals surface area contributed by atoms with Gasteiger partial charge in [0.25, 0.3) is 5.56 Å². The number of anilines is 1. The van der Waals surface area contributed by atoms with Crippen molar-refractivity contribution >= 4 is 23.1 Å². The largest absolute Gasteiger partial charge is 0.454 e. The molecule has 0 fully saturated rings. The van der Waals surface area contributed by atoms with E-state index in [0.29, 0.717) is 23.6 Å². The van der Waals surface area contributed by atoms with Crippen molar-refractivity contribution in [2.75, 3.05) is 18.4 Å². The van der Waals surface area contributed by atoms with Gasteiger partial charge in [-0.05, 0) is 35.9 Å². The molecule has 7 heteroatoms. The second kappa shape index (κ2) is 6.03. The number of thiazole rings is 1. The van der Waals surface area contributed by atoms with Crippen LogP contribution in [-0.4, -0.2) is 18.0 Å². The van der Waals surface area contributed by atoms with Gasteiger partial charge in [-0.2, -0.15) is 0 Å². The number of ether oxygens (including phenoxy) is 2. The molecule has 1 aromatic heterocycles. The molecule has 0 radical (unpaired) electrons. The first kappa shape index (κ1) is 15.2. The Labute approximate surface area is 152 Å². The summed E-state index contributed by atoms with van der Waals surface area (Å²) in [4.78, 5) is 20.2. The summed E-state index contributed by atoms with van der Waals surface area (Å²) >= 11 is 1.42. The van der Waals surface area contributed by atoms with Gasteiger partial charge >= 0.3 is 0 Å². The number of fused-ring (bicyclic) bond motifs is 2. The first-order valence-electron chi connectivity index (χ1n) is 8.23. The Hall–Kier alpha value is -3.06. The Morgan fingerprint density at radius 1 is 1.08 bits per heavy atom. The third-order valence-electron chi connectivity index (χ3n) is 4.39. The summed E-state index contributed by atoms with van der Waals surface area (Å²) in [6, 6.07) is 15.7. The van der Waals surface area contributed by atoms with Crippen molar-refractivity contribution in [2.24, 2.45) is 4.99 Å². The van der Waals surface area contributed by atoms with Gasteiger partial charge in [-0.15, -0.1) is 0 Å². The molecule has 0 bridgehead atoms. The second-order valence-corrected chi connectivity index (χ2v) is 7.06. The topological polar surface area (TPSA) is 56.1 Å². The van der Waals surface area contributed by atoms with Crippen LogP contribution in [0.1, 0.15) is 5.56 Å². The minimum absolute atomic E-state index is 0.0213. The van der Waals surface area contributed by atoms with Gasteiger partial charge in [0.1, 0.15) is 13.3 Å². The third kappa shape index (κ3) is 2.57. The smallest absolute Gasteiger partial charge is 0.271 e. The summed E-state index contributed by atoms with van der Waals surface area (Å²) in [5.41, 5.74) is 1.94. The summed E-state index contributed by atoms with van der Waals surface area (Å²) in [7, 11) is 0. The number of para-hydroxylation sites is 1. The molecule has 2 aromatic carbocycles. The lowest BCUT2D eigenvalue weighted by atomic mass is 10.2. The van der Waals surface area contributed by atoms with Crippen LogP contribution in [0.5, 0.6) is 11.5 Å². The molecule has 3 aromatic rings. The fraction of sp³-hybridized carbons (Fsp3) is 0.158. The SMILES string of the molecule is O=c1/c(=C/c2ccc3c(c2)OCO3)sc2n1CN(c1ccccc1)CN=2. The highest BCUT2D eigenvalue weighted by atomic mass is 32.1. The van der Waals surface area contributed by atoms with Crippen LogP contribution in [0.2, 0.25) is 0 Å². The van der Waals surface area contributed by atoms with Crippen LogP contribution in [0, 0.1) is 0 Å². The molecular formula is C19H15N3O3S. The standard InChI is InChI=1S/C19H15N3O3S/c23-18-17(9-13-6-7-15-16(8-13)25-12-24-15)26-19-20-10-21(11-22(18)19)14-4-2-1-3-5-14/h1-9H,10-12H2/b17-9-. The molecule has 3 heterocycles. The van der Waals surface area contributed by atoms with Crippen LogP contribution < -0.4 is 29.3 Å². The van der Waals surface area contributed by atoms with Gasteiger partial charge in [0.2, 0.25) is 6.79 Å². The summed E-state index contributed by atoms with van der Waals surface area (Å²) in [6.45, 7) is 1.30. The molecule has 5 rings (SSSR count). The van der Waals surface area contributed by atoms with Crippen LogP contribution >= 0.6 is 11.3 Å². The van der Waals surface area contributed by atoms with Gasteiger partial charge in [-0.25, -0.2) is 4.99 Å². The number of hydrogen-bond donors (Lipinski definition) is 0. The van der Waals surface area contributed by atoms with Crippen LogP contribution in [0.4, 0.5) is 5.69 Å². The van der Waals surface area contributed by atoms with E-state index in [4.69, 9.17) is 9.47 Å². The molecular weight excluding hydrogens is 350 g/mol. The van der Waals surface area contributed by atoms with Crippen molar-refractivity contribution in [3.8, 4) is 11.5 Å². The minimum atomic E-state index is -0.0213. The molecule has 2 aliphatic heterocycles. The van der Waals surface area contributed by atoms with Crippen molar-refractivity contribution in [2.45, 2.75) is 6.67 Å². The molecule has 0 N–H and O–H groups in total. The highest BCUT2D eigenvalue weighted by Gasteiger charge is 2.16. The number of aromatic nitrogens is 1. The van der Waals surface area contributed by atoms with Crippen LogP contribution in [0.3, 0.4) is 0 Å². The van der Waals surface area contributed by atoms with Crippen molar-refractivity contribution in [1.29, 1.82) is 0 Å². The highest BCUT2D eigenvalue weighted by Crippen LogP contribution is 2.32. The van der Waals surface area contributed by atoms with E-state index in [9.17, 15) is 4.79 Å². The lowest BCUT2D eigenvalue weighted by Crippen LogP contribution is -2.42. The number of rotatable bonds is 2. The van der Waals surface area contributed by atoms with E-state index in [1.54, 1.807) is 4.57 Å². The maximum atomic E-state index is 12.8. The lowest BCUT2D eigenvalue weighted by molar-refractivity contribution is 0.174. The van der Waals surface area contributed by atoms with E-state index in [1.165, 1.54) is 11.3 Å². The molecule has 0 saturated carbocycles. The molecule has 6 nitrogen and oxygen atoms in total. The predicted molar refractivity (Wildman–Crippen MR) is 99.3 cm³/mol. The van der Waals surface area contributed by atoms with Gasteiger partial charge < -0.3 is 14.4 Å². The van der Waals surface area contributed by atoms with Crippen molar-refractivity contribution in [1.82, 2.24) is 4.57 Å². The maximum Gasteiger partial charge on any atom is 0.271 e. The Morgan fingerprint density at radius 2 is 1.92 bits per heavy atom. The van der Waals surface area contributed by atoms with Crippen LogP contribution in [0.15, 0.2) is 58.3 Å². The zero-order chi connectivity index (χ0) is 17.5. The van der Waals surface area contributed by atoms with Gasteiger partial charge in [0.15, 0.2) is 16.3 Å². The monoisotopic (exact) mass is 365 g/mol. The summed E-state index contributed by atoms with van der Waals surface area (Å²) < 4.78 is 13.1. The average molecular weight is 365 g/mol. The van der Waals surface area contributed by atoms with Gasteiger partial charge in [0.05, 0.1) is 4.53 Å². The van der Waals surface area contributed by atoms with E-state index in [-0.39, 0.29) is 12.4 Å². The predicted octanol–water partition coefficient (Wildman–Crippen LogP) is 1.52. The van der Waals surface area contributed by atoms with E-state index >= 15 is 0 Å². The number of benzene rings is 2. The first-order valence-corrected chi connectivity index (χ1v) is 9.05. The van der Waals surface area contributed by atoms with Crippen LogP contribution in [0.25, 0.3) is 6.08 Å². The minimum Gasteiger partial charge on any atom is -0.454 e. The Bertz CT molecular complexity index is 1150. The molecule has 0 atom stereocenters. The second-order valence-electron chi connectivity index (χ2n) is 6.06. The van der Waals surface area contributed by atoms with E-state index in [0.717, 1.165) is 21.8 Å². The van der Waals surface area contributed by atoms with Crippen LogP contribution in [-0.2, 0) is 6.67 Å². The maximum absolute atomic E-state index is 12.8. The Balaban J connectivity index is 1.52. The Kier molecular flexibility index (Phi) is 3.53. The normalized spacial score (nSPS) is 15.7. The van der Waals surface area contributed by atoms with Crippen molar-refractivity contribution in [3.05, 3.63) is 73.8 Å². The molecule has 0 spiro atoms. The quantitative estimate of drug-likeness (QED) is 0.691. The number of hydrogen-bond acceptors (Lipinski definition) is 6. The zero-order valence-electron chi connectivity index (χ0n) is 13.8. The number of nitrogens with zero attached hydrogens (tertiary/aromatic N) is 3. The average Bonchev–Trinajstić information content (AvgIpc) is 3.27. The molecule has 0 amide bonds. The molecule has 130 valence electrons. The van der Waals surface area contributed by atoms with Gasteiger partial charge in [-0.3, -0.25) is 9.36 Å². The summed E-state index contributed by atoms with van der Waals surface area (Å²) in [5, 5.41) is 0. The summed E-state index contributed by atoms with van der Waals surface area (Å²) in [5.74, 6) is 1.44.